The number of rotatable bonds is 10. The Hall–Kier alpha value is -3.24. The van der Waals surface area contributed by atoms with Gasteiger partial charge in [-0.1, -0.05) is 6.07 Å². The topological polar surface area (TPSA) is 108 Å². The van der Waals surface area contributed by atoms with Crippen LogP contribution in [0.4, 0.5) is 5.00 Å². The summed E-state index contributed by atoms with van der Waals surface area (Å²) in [6.07, 6.45) is 2.55. The number of ether oxygens (including phenoxy) is 3. The van der Waals surface area contributed by atoms with Gasteiger partial charge in [0.2, 0.25) is 5.91 Å². The number of hydrogen-bond acceptors (Lipinski definition) is 8. The number of aromatic nitrogens is 2. The fourth-order valence-electron chi connectivity index (χ4n) is 3.42. The van der Waals surface area contributed by atoms with Gasteiger partial charge in [0.25, 0.3) is 0 Å². The fourth-order valence-corrected chi connectivity index (χ4v) is 4.52. The smallest absolute Gasteiger partial charge is 0.348 e. The third kappa shape index (κ3) is 5.58. The van der Waals surface area contributed by atoms with E-state index in [1.807, 2.05) is 35.7 Å². The maximum Gasteiger partial charge on any atom is 0.348 e. The number of thiophene rings is 1. The molecule has 0 aliphatic carbocycles. The number of esters is 2. The Kier molecular flexibility index (Phi) is 8.18. The van der Waals surface area contributed by atoms with Crippen molar-refractivity contribution < 1.29 is 28.6 Å². The molecule has 3 aromatic heterocycles. The number of hydrogen-bond donors (Lipinski definition) is 1. The second kappa shape index (κ2) is 11.1. The summed E-state index contributed by atoms with van der Waals surface area (Å²) in [4.78, 5) is 42.5. The zero-order valence-corrected chi connectivity index (χ0v) is 19.9. The molecule has 0 spiro atoms. The van der Waals surface area contributed by atoms with E-state index < -0.39 is 11.9 Å². The van der Waals surface area contributed by atoms with Gasteiger partial charge in [-0.3, -0.25) is 4.79 Å². The summed E-state index contributed by atoms with van der Waals surface area (Å²) >= 11 is 0.998. The molecule has 33 heavy (non-hydrogen) atoms. The number of aryl methyl sites for hydroxylation is 2. The van der Waals surface area contributed by atoms with Crippen molar-refractivity contribution in [1.29, 1.82) is 0 Å². The van der Waals surface area contributed by atoms with Crippen molar-refractivity contribution in [2.75, 3.05) is 32.2 Å². The Morgan fingerprint density at radius 2 is 1.91 bits per heavy atom. The molecule has 0 atom stereocenters. The van der Waals surface area contributed by atoms with Gasteiger partial charge < -0.3 is 23.9 Å². The monoisotopic (exact) mass is 473 g/mol. The van der Waals surface area contributed by atoms with E-state index in [1.165, 1.54) is 7.11 Å². The van der Waals surface area contributed by atoms with Crippen LogP contribution < -0.4 is 5.32 Å². The van der Waals surface area contributed by atoms with Gasteiger partial charge in [-0.25, -0.2) is 14.6 Å². The van der Waals surface area contributed by atoms with Crippen molar-refractivity contribution in [3.8, 4) is 0 Å². The highest BCUT2D eigenvalue weighted by Gasteiger charge is 2.27. The maximum atomic E-state index is 12.8. The highest BCUT2D eigenvalue weighted by atomic mass is 32.1. The van der Waals surface area contributed by atoms with E-state index in [0.717, 1.165) is 28.4 Å². The molecule has 10 heteroatoms. The van der Waals surface area contributed by atoms with Crippen LogP contribution in [0.1, 0.15) is 50.3 Å². The lowest BCUT2D eigenvalue weighted by Crippen LogP contribution is -2.15. The summed E-state index contributed by atoms with van der Waals surface area (Å²) in [5, 5.41) is 3.05. The minimum absolute atomic E-state index is 0.0851. The van der Waals surface area contributed by atoms with Crippen LogP contribution in [-0.2, 0) is 25.4 Å². The molecule has 0 saturated carbocycles. The van der Waals surface area contributed by atoms with Crippen LogP contribution in [0.15, 0.2) is 24.4 Å². The largest absolute Gasteiger partial charge is 0.462 e. The first-order valence-corrected chi connectivity index (χ1v) is 11.4. The second-order valence-corrected chi connectivity index (χ2v) is 8.25. The minimum atomic E-state index is -0.602. The number of methoxy groups -OCH3 is 1. The number of fused-ring (bicyclic) bond motifs is 1. The molecule has 0 saturated heterocycles. The van der Waals surface area contributed by atoms with Crippen molar-refractivity contribution in [2.24, 2.45) is 0 Å². The number of imidazole rings is 1. The number of carbonyl (C=O) groups is 3. The Balaban J connectivity index is 1.78. The van der Waals surface area contributed by atoms with Crippen molar-refractivity contribution in [3.63, 3.8) is 0 Å². The molecule has 9 nitrogen and oxygen atoms in total. The third-order valence-electron chi connectivity index (χ3n) is 5.00. The molecule has 176 valence electrons. The van der Waals surface area contributed by atoms with E-state index in [9.17, 15) is 14.4 Å². The first-order chi connectivity index (χ1) is 15.9. The lowest BCUT2D eigenvalue weighted by atomic mass is 10.1. The van der Waals surface area contributed by atoms with Crippen molar-refractivity contribution in [3.05, 3.63) is 51.8 Å². The van der Waals surface area contributed by atoms with Gasteiger partial charge >= 0.3 is 11.9 Å². The molecule has 3 rings (SSSR count). The molecule has 1 N–H and O–H groups in total. The lowest BCUT2D eigenvalue weighted by molar-refractivity contribution is -0.116. The average molecular weight is 474 g/mol. The zero-order valence-electron chi connectivity index (χ0n) is 19.1. The Morgan fingerprint density at radius 1 is 1.12 bits per heavy atom. The van der Waals surface area contributed by atoms with Gasteiger partial charge in [0, 0.05) is 25.4 Å². The number of amides is 1. The Labute approximate surface area is 195 Å². The molecule has 1 amide bonds. The number of carbonyl (C=O) groups excluding carboxylic acids is 3. The fraction of sp³-hybridized carbons (Fsp3) is 0.391. The summed E-state index contributed by atoms with van der Waals surface area (Å²) < 4.78 is 17.2. The maximum absolute atomic E-state index is 12.8. The normalized spacial score (nSPS) is 10.9. The van der Waals surface area contributed by atoms with Gasteiger partial charge in [0.15, 0.2) is 0 Å². The first-order valence-electron chi connectivity index (χ1n) is 10.6. The molecular weight excluding hydrogens is 446 g/mol. The molecule has 0 aromatic carbocycles. The highest BCUT2D eigenvalue weighted by Crippen LogP contribution is 2.34. The van der Waals surface area contributed by atoms with Crippen molar-refractivity contribution in [2.45, 2.75) is 33.6 Å². The van der Waals surface area contributed by atoms with Crippen molar-refractivity contribution in [1.82, 2.24) is 9.38 Å². The summed E-state index contributed by atoms with van der Waals surface area (Å²) in [5.41, 5.74) is 3.19. The summed E-state index contributed by atoms with van der Waals surface area (Å²) in [5.74, 6) is -1.47. The molecule has 3 heterocycles. The van der Waals surface area contributed by atoms with E-state index in [4.69, 9.17) is 14.2 Å². The molecule has 0 radical (unpaired) electrons. The number of anilines is 1. The molecule has 0 unspecified atom stereocenters. The van der Waals surface area contributed by atoms with Gasteiger partial charge in [-0.05, 0) is 44.9 Å². The SMILES string of the molecule is CCOC(=O)c1c(NC(=O)CCc2c(C)nc3ccccn23)sc(C(=O)OCCOC)c1C. The molecular formula is C23H27N3O6S. The Bertz CT molecular complexity index is 1170. The molecule has 0 bridgehead atoms. The van der Waals surface area contributed by atoms with Gasteiger partial charge in [0.1, 0.15) is 22.1 Å². The van der Waals surface area contributed by atoms with E-state index >= 15 is 0 Å². The predicted molar refractivity (Wildman–Crippen MR) is 124 cm³/mol. The highest BCUT2D eigenvalue weighted by molar-refractivity contribution is 7.18. The summed E-state index contributed by atoms with van der Waals surface area (Å²) in [6, 6.07) is 5.72. The average Bonchev–Trinajstić information content (AvgIpc) is 3.28. The molecule has 0 aliphatic heterocycles. The third-order valence-corrected chi connectivity index (χ3v) is 6.19. The van der Waals surface area contributed by atoms with E-state index in [2.05, 4.69) is 10.3 Å². The van der Waals surface area contributed by atoms with Crippen LogP contribution in [-0.4, -0.2) is 54.2 Å². The van der Waals surface area contributed by atoms with Crippen LogP contribution in [0.5, 0.6) is 0 Å². The van der Waals surface area contributed by atoms with Crippen molar-refractivity contribution >= 4 is 39.8 Å². The second-order valence-electron chi connectivity index (χ2n) is 7.23. The zero-order chi connectivity index (χ0) is 24.0. The quantitative estimate of drug-likeness (QED) is 0.354. The standard InChI is InChI=1S/C23H27N3O6S/c1-5-31-22(28)19-14(2)20(23(29)32-13-12-30-4)33-21(19)25-18(27)10-9-16-15(3)24-17-8-6-7-11-26(16)17/h6-8,11H,5,9-10,12-13H2,1-4H3,(H,25,27). The van der Waals surface area contributed by atoms with Crippen LogP contribution >= 0.6 is 11.3 Å². The number of nitrogens with one attached hydrogen (secondary N) is 1. The van der Waals surface area contributed by atoms with Crippen LogP contribution in [0.25, 0.3) is 5.65 Å². The first kappa shape index (κ1) is 24.4. The summed E-state index contributed by atoms with van der Waals surface area (Å²) in [6.45, 7) is 5.74. The number of pyridine rings is 1. The number of nitrogens with zero attached hydrogens (tertiary/aromatic N) is 2. The van der Waals surface area contributed by atoms with Gasteiger partial charge in [-0.2, -0.15) is 0 Å². The summed E-state index contributed by atoms with van der Waals surface area (Å²) in [7, 11) is 1.50. The van der Waals surface area contributed by atoms with Crippen LogP contribution in [0.2, 0.25) is 0 Å². The van der Waals surface area contributed by atoms with E-state index in [0.29, 0.717) is 12.0 Å². The lowest BCUT2D eigenvalue weighted by Gasteiger charge is -2.07. The van der Waals surface area contributed by atoms with Gasteiger partial charge in [-0.15, -0.1) is 11.3 Å². The molecule has 0 fully saturated rings. The molecule has 0 aliphatic rings. The molecule has 3 aromatic rings. The Morgan fingerprint density at radius 3 is 2.64 bits per heavy atom. The van der Waals surface area contributed by atoms with Crippen LogP contribution in [0.3, 0.4) is 0 Å². The van der Waals surface area contributed by atoms with E-state index in [1.54, 1.807) is 13.8 Å². The minimum Gasteiger partial charge on any atom is -0.462 e. The van der Waals surface area contributed by atoms with Gasteiger partial charge in [0.05, 0.1) is 24.5 Å². The van der Waals surface area contributed by atoms with E-state index in [-0.39, 0.29) is 47.6 Å². The van der Waals surface area contributed by atoms with Crippen LogP contribution in [0, 0.1) is 13.8 Å². The predicted octanol–water partition coefficient (Wildman–Crippen LogP) is 3.56.